The summed E-state index contributed by atoms with van der Waals surface area (Å²) in [5, 5.41) is -0.00947. The molecule has 1 saturated heterocycles. The molecule has 0 saturated carbocycles. The highest BCUT2D eigenvalue weighted by Gasteiger charge is 2.32. The third-order valence-corrected chi connectivity index (χ3v) is 4.43. The van der Waals surface area contributed by atoms with E-state index in [0.29, 0.717) is 12.3 Å². The summed E-state index contributed by atoms with van der Waals surface area (Å²) < 4.78 is 18.6. The van der Waals surface area contributed by atoms with Crippen molar-refractivity contribution in [2.75, 3.05) is 24.3 Å². The number of hydrogen-bond acceptors (Lipinski definition) is 5. The topological polar surface area (TPSA) is 63.7 Å². The van der Waals surface area contributed by atoms with Gasteiger partial charge in [0.05, 0.1) is 18.4 Å². The smallest absolute Gasteiger partial charge is 0.337 e. The molecule has 118 valence electrons. The van der Waals surface area contributed by atoms with Gasteiger partial charge in [-0.15, -0.1) is 0 Å². The molecule has 1 atom stereocenters. The number of benzene rings is 1. The molecule has 7 heteroatoms. The number of anilines is 1. The Kier molecular flexibility index (Phi) is 5.18. The molecule has 0 N–H and O–H groups in total. The van der Waals surface area contributed by atoms with Gasteiger partial charge in [0.15, 0.2) is 5.12 Å². The number of carbonyl (C=O) groups excluding carboxylic acids is 3. The summed E-state index contributed by atoms with van der Waals surface area (Å²) in [5.74, 6) is -0.856. The van der Waals surface area contributed by atoms with Crippen molar-refractivity contribution < 1.29 is 23.5 Å². The zero-order valence-electron chi connectivity index (χ0n) is 12.3. The maximum atomic E-state index is 14.0. The Bertz CT molecular complexity index is 620. The summed E-state index contributed by atoms with van der Waals surface area (Å²) in [5.41, 5.74) is 0.261. The van der Waals surface area contributed by atoms with Crippen LogP contribution < -0.4 is 4.90 Å². The first-order valence-corrected chi connectivity index (χ1v) is 7.72. The van der Waals surface area contributed by atoms with Crippen LogP contribution in [0.25, 0.3) is 0 Å². The summed E-state index contributed by atoms with van der Waals surface area (Å²) in [4.78, 5) is 35.9. The highest BCUT2D eigenvalue weighted by atomic mass is 32.2. The van der Waals surface area contributed by atoms with Crippen LogP contribution in [0.15, 0.2) is 18.2 Å². The van der Waals surface area contributed by atoms with Crippen molar-refractivity contribution in [3.63, 3.8) is 0 Å². The summed E-state index contributed by atoms with van der Waals surface area (Å²) in [6, 6.07) is 3.78. The number of halogens is 1. The number of methoxy groups -OCH3 is 1. The highest BCUT2D eigenvalue weighted by Crippen LogP contribution is 2.30. The van der Waals surface area contributed by atoms with Gasteiger partial charge >= 0.3 is 5.97 Å². The molecule has 22 heavy (non-hydrogen) atoms. The monoisotopic (exact) mass is 325 g/mol. The lowest BCUT2D eigenvalue weighted by Gasteiger charge is -2.18. The molecule has 2 rings (SSSR count). The van der Waals surface area contributed by atoms with Gasteiger partial charge in [0.1, 0.15) is 5.82 Å². The quantitative estimate of drug-likeness (QED) is 0.795. The van der Waals surface area contributed by atoms with E-state index in [-0.39, 0.29) is 34.6 Å². The minimum atomic E-state index is -0.586. The van der Waals surface area contributed by atoms with Crippen LogP contribution in [0.3, 0.4) is 0 Å². The van der Waals surface area contributed by atoms with Crippen LogP contribution >= 0.6 is 11.8 Å². The Labute approximate surface area is 131 Å². The fourth-order valence-electron chi connectivity index (χ4n) is 2.33. The number of nitrogens with zero attached hydrogens (tertiary/aromatic N) is 1. The van der Waals surface area contributed by atoms with Crippen molar-refractivity contribution >= 4 is 34.4 Å². The minimum absolute atomic E-state index is 0.00947. The average Bonchev–Trinajstić information content (AvgIpc) is 2.86. The molecule has 1 aromatic rings. The second-order valence-corrected chi connectivity index (χ2v) is 6.23. The zero-order valence-corrected chi connectivity index (χ0v) is 13.1. The average molecular weight is 325 g/mol. The molecule has 1 unspecified atom stereocenters. The lowest BCUT2D eigenvalue weighted by atomic mass is 10.1. The molecular formula is C15H16FNO4S. The Morgan fingerprint density at radius 2 is 2.18 bits per heavy atom. The van der Waals surface area contributed by atoms with E-state index in [9.17, 15) is 18.8 Å². The van der Waals surface area contributed by atoms with E-state index in [1.165, 1.54) is 31.1 Å². The van der Waals surface area contributed by atoms with Crippen molar-refractivity contribution in [2.24, 2.45) is 5.92 Å². The lowest BCUT2D eigenvalue weighted by molar-refractivity contribution is -0.117. The molecule has 0 spiro atoms. The summed E-state index contributed by atoms with van der Waals surface area (Å²) >= 11 is 1.16. The first kappa shape index (κ1) is 16.5. The van der Waals surface area contributed by atoms with Crippen LogP contribution in [0.4, 0.5) is 10.1 Å². The molecule has 0 aliphatic carbocycles. The first-order chi connectivity index (χ1) is 10.4. The molecule has 1 aliphatic heterocycles. The maximum absolute atomic E-state index is 14.0. The van der Waals surface area contributed by atoms with E-state index < -0.39 is 11.8 Å². The molecule has 0 bridgehead atoms. The van der Waals surface area contributed by atoms with Crippen molar-refractivity contribution in [3.05, 3.63) is 29.6 Å². The molecule has 0 radical (unpaired) electrons. The zero-order chi connectivity index (χ0) is 16.3. The van der Waals surface area contributed by atoms with E-state index in [0.717, 1.165) is 17.8 Å². The fraction of sp³-hybridized carbons (Fsp3) is 0.400. The Morgan fingerprint density at radius 1 is 1.45 bits per heavy atom. The van der Waals surface area contributed by atoms with Gasteiger partial charge in [-0.1, -0.05) is 11.8 Å². The van der Waals surface area contributed by atoms with E-state index in [2.05, 4.69) is 4.74 Å². The minimum Gasteiger partial charge on any atom is -0.465 e. The normalized spacial score (nSPS) is 17.7. The number of thioether (sulfide) groups is 1. The van der Waals surface area contributed by atoms with E-state index in [1.807, 2.05) is 0 Å². The number of hydrogen-bond donors (Lipinski definition) is 0. The molecule has 1 amide bonds. The second-order valence-electron chi connectivity index (χ2n) is 5.03. The molecule has 1 aliphatic rings. The van der Waals surface area contributed by atoms with Crippen LogP contribution in [0, 0.1) is 11.7 Å². The van der Waals surface area contributed by atoms with E-state index in [4.69, 9.17) is 0 Å². The van der Waals surface area contributed by atoms with Gasteiger partial charge in [-0.2, -0.15) is 0 Å². The van der Waals surface area contributed by atoms with Gasteiger partial charge in [0, 0.05) is 25.6 Å². The van der Waals surface area contributed by atoms with Gasteiger partial charge < -0.3 is 9.64 Å². The maximum Gasteiger partial charge on any atom is 0.337 e. The van der Waals surface area contributed by atoms with Crippen molar-refractivity contribution in [3.8, 4) is 0 Å². The Hall–Kier alpha value is -1.89. The first-order valence-electron chi connectivity index (χ1n) is 6.74. The fourth-order valence-corrected chi connectivity index (χ4v) is 3.02. The van der Waals surface area contributed by atoms with Crippen LogP contribution in [0.1, 0.15) is 23.7 Å². The van der Waals surface area contributed by atoms with Gasteiger partial charge in [-0.25, -0.2) is 9.18 Å². The van der Waals surface area contributed by atoms with Gasteiger partial charge in [-0.3, -0.25) is 9.59 Å². The van der Waals surface area contributed by atoms with Crippen molar-refractivity contribution in [2.45, 2.75) is 13.3 Å². The van der Waals surface area contributed by atoms with Gasteiger partial charge in [-0.05, 0) is 24.1 Å². The third kappa shape index (κ3) is 3.65. The predicted octanol–water partition coefficient (Wildman–Crippen LogP) is 2.24. The Morgan fingerprint density at radius 3 is 2.82 bits per heavy atom. The van der Waals surface area contributed by atoms with Crippen molar-refractivity contribution in [1.82, 2.24) is 0 Å². The van der Waals surface area contributed by atoms with E-state index >= 15 is 0 Å². The van der Waals surface area contributed by atoms with Gasteiger partial charge in [0.2, 0.25) is 5.91 Å². The summed E-state index contributed by atoms with van der Waals surface area (Å²) in [7, 11) is 1.24. The van der Waals surface area contributed by atoms with Crippen LogP contribution in [0.2, 0.25) is 0 Å². The molecule has 1 fully saturated rings. The van der Waals surface area contributed by atoms with Crippen LogP contribution in [0.5, 0.6) is 0 Å². The Balaban J connectivity index is 2.19. The number of carbonyl (C=O) groups is 3. The number of rotatable bonds is 4. The standard InChI is InChI=1S/C15H16FNO4S/c1-9(18)22-8-10-5-14(19)17(7-10)13-6-11(15(20)21-2)3-4-12(13)16/h3-4,6,10H,5,7-8H2,1-2H3. The largest absolute Gasteiger partial charge is 0.465 e. The number of ether oxygens (including phenoxy) is 1. The molecular weight excluding hydrogens is 309 g/mol. The number of amides is 1. The molecule has 1 heterocycles. The summed E-state index contributed by atoms with van der Waals surface area (Å²) in [6.45, 7) is 1.80. The summed E-state index contributed by atoms with van der Waals surface area (Å²) in [6.07, 6.45) is 0.266. The van der Waals surface area contributed by atoms with Crippen molar-refractivity contribution in [1.29, 1.82) is 0 Å². The molecule has 0 aromatic heterocycles. The van der Waals surface area contributed by atoms with E-state index in [1.54, 1.807) is 0 Å². The third-order valence-electron chi connectivity index (χ3n) is 3.39. The molecule has 5 nitrogen and oxygen atoms in total. The lowest BCUT2D eigenvalue weighted by Crippen LogP contribution is -2.26. The second kappa shape index (κ2) is 6.91. The molecule has 1 aromatic carbocycles. The highest BCUT2D eigenvalue weighted by molar-refractivity contribution is 8.13. The number of esters is 1. The van der Waals surface area contributed by atoms with Crippen LogP contribution in [-0.4, -0.2) is 36.4 Å². The van der Waals surface area contributed by atoms with Crippen LogP contribution in [-0.2, 0) is 14.3 Å². The van der Waals surface area contributed by atoms with Gasteiger partial charge in [0.25, 0.3) is 0 Å². The predicted molar refractivity (Wildman–Crippen MR) is 81.3 cm³/mol. The SMILES string of the molecule is COC(=O)c1ccc(F)c(N2CC(CSC(C)=O)CC2=O)c1.